The molecule has 0 heterocycles. The molecule has 0 radical (unpaired) electrons. The van der Waals surface area contributed by atoms with Gasteiger partial charge in [-0.15, -0.1) is 0 Å². The number of hydrogen-bond donors (Lipinski definition) is 1. The number of esters is 2. The van der Waals surface area contributed by atoms with Crippen LogP contribution in [-0.4, -0.2) is 36.4 Å². The Labute approximate surface area is 125 Å². The first-order valence-electron chi connectivity index (χ1n) is 5.84. The van der Waals surface area contributed by atoms with Gasteiger partial charge in [-0.1, -0.05) is 18.7 Å². The number of carbonyl (C=O) groups is 2. The molecule has 5 nitrogen and oxygen atoms in total. The maximum Gasteiger partial charge on any atom is 0.339 e. The topological polar surface area (TPSA) is 72.8 Å². The van der Waals surface area contributed by atoms with Crippen LogP contribution < -0.4 is 0 Å². The second kappa shape index (κ2) is 7.81. The Hall–Kier alpha value is -1.66. The van der Waals surface area contributed by atoms with Crippen molar-refractivity contribution < 1.29 is 24.2 Å². The summed E-state index contributed by atoms with van der Waals surface area (Å²) in [5, 5.41) is 9.55. The number of carbonyl (C=O) groups excluding carboxylic acids is 2. The van der Waals surface area contributed by atoms with Crippen molar-refractivity contribution in [1.29, 1.82) is 0 Å². The van der Waals surface area contributed by atoms with Crippen LogP contribution in [0.4, 0.5) is 0 Å². The van der Waals surface area contributed by atoms with E-state index in [2.05, 4.69) is 22.5 Å². The van der Waals surface area contributed by atoms with Gasteiger partial charge >= 0.3 is 11.9 Å². The van der Waals surface area contributed by atoms with Crippen molar-refractivity contribution in [3.63, 3.8) is 0 Å². The summed E-state index contributed by atoms with van der Waals surface area (Å²) >= 11 is 3.23. The Balaban J connectivity index is 2.40. The summed E-state index contributed by atoms with van der Waals surface area (Å²) < 4.78 is 10.3. The molecule has 0 aliphatic carbocycles. The first-order valence-corrected chi connectivity index (χ1v) is 6.63. The van der Waals surface area contributed by atoms with E-state index in [0.29, 0.717) is 10.0 Å². The maximum atomic E-state index is 11.7. The molecule has 1 aromatic rings. The highest BCUT2D eigenvalue weighted by atomic mass is 79.9. The molecule has 0 bridgehead atoms. The fourth-order valence-electron chi connectivity index (χ4n) is 1.22. The predicted molar refractivity (Wildman–Crippen MR) is 76.2 cm³/mol. The summed E-state index contributed by atoms with van der Waals surface area (Å²) in [5.74, 6) is -1.16. The number of benzene rings is 1. The van der Waals surface area contributed by atoms with Crippen LogP contribution in [0.25, 0.3) is 0 Å². The fourth-order valence-corrected chi connectivity index (χ4v) is 1.67. The van der Waals surface area contributed by atoms with Gasteiger partial charge in [0.15, 0.2) is 0 Å². The third kappa shape index (κ3) is 5.14. The number of aliphatic hydroxyl groups excluding tert-OH is 1. The van der Waals surface area contributed by atoms with Crippen LogP contribution in [0.5, 0.6) is 0 Å². The van der Waals surface area contributed by atoms with E-state index < -0.39 is 18.0 Å². The number of halogens is 1. The molecule has 0 spiro atoms. The van der Waals surface area contributed by atoms with Crippen LogP contribution in [0.2, 0.25) is 0 Å². The van der Waals surface area contributed by atoms with Gasteiger partial charge in [0.05, 0.1) is 5.56 Å². The van der Waals surface area contributed by atoms with E-state index in [1.54, 1.807) is 24.3 Å². The van der Waals surface area contributed by atoms with Gasteiger partial charge in [-0.05, 0) is 35.0 Å². The van der Waals surface area contributed by atoms with Crippen LogP contribution in [0.15, 0.2) is 40.9 Å². The zero-order valence-electron chi connectivity index (χ0n) is 11.0. The Kier molecular flexibility index (Phi) is 6.41. The van der Waals surface area contributed by atoms with Gasteiger partial charge < -0.3 is 14.6 Å². The second-order valence-corrected chi connectivity index (χ2v) is 4.97. The minimum Gasteiger partial charge on any atom is -0.459 e. The fraction of sp³-hybridized carbons (Fsp3) is 0.286. The van der Waals surface area contributed by atoms with E-state index in [9.17, 15) is 14.7 Å². The maximum absolute atomic E-state index is 11.7. The molecule has 20 heavy (non-hydrogen) atoms. The molecule has 1 aromatic carbocycles. The molecule has 0 aliphatic rings. The summed E-state index contributed by atoms with van der Waals surface area (Å²) in [6, 6.07) is 6.78. The molecule has 0 aliphatic heterocycles. The van der Waals surface area contributed by atoms with Crippen molar-refractivity contribution in [2.24, 2.45) is 0 Å². The number of ether oxygens (including phenoxy) is 2. The lowest BCUT2D eigenvalue weighted by Crippen LogP contribution is -2.25. The minimum atomic E-state index is -1.08. The van der Waals surface area contributed by atoms with Gasteiger partial charge in [0.1, 0.15) is 19.3 Å². The van der Waals surface area contributed by atoms with Gasteiger partial charge in [0.25, 0.3) is 0 Å². The summed E-state index contributed by atoms with van der Waals surface area (Å²) in [5.41, 5.74) is 0.598. The number of aliphatic hydroxyl groups is 1. The molecule has 0 fully saturated rings. The van der Waals surface area contributed by atoms with Gasteiger partial charge in [-0.2, -0.15) is 0 Å². The van der Waals surface area contributed by atoms with Crippen molar-refractivity contribution >= 4 is 27.9 Å². The van der Waals surface area contributed by atoms with Crippen LogP contribution in [0.3, 0.4) is 0 Å². The Morgan fingerprint density at radius 2 is 1.90 bits per heavy atom. The van der Waals surface area contributed by atoms with Crippen LogP contribution in [0, 0.1) is 0 Å². The standard InChI is InChI=1S/C14H15BrO5/c1-9(2)13(17)19-7-10(16)8-20-14(18)11-5-3-4-6-12(11)15/h3-6,10,16H,1,7-8H2,2H3. The Bertz CT molecular complexity index is 512. The highest BCUT2D eigenvalue weighted by molar-refractivity contribution is 9.10. The third-order valence-electron chi connectivity index (χ3n) is 2.26. The summed E-state index contributed by atoms with van der Waals surface area (Å²) in [4.78, 5) is 22.8. The van der Waals surface area contributed by atoms with Crippen LogP contribution in [-0.2, 0) is 14.3 Å². The average molecular weight is 343 g/mol. The molecule has 0 saturated heterocycles. The zero-order chi connectivity index (χ0) is 15.1. The Morgan fingerprint density at radius 1 is 1.30 bits per heavy atom. The van der Waals surface area contributed by atoms with E-state index in [4.69, 9.17) is 9.47 Å². The largest absolute Gasteiger partial charge is 0.459 e. The normalized spacial score (nSPS) is 11.6. The van der Waals surface area contributed by atoms with Crippen molar-refractivity contribution in [1.82, 2.24) is 0 Å². The van der Waals surface area contributed by atoms with Crippen molar-refractivity contribution in [3.8, 4) is 0 Å². The first-order chi connectivity index (χ1) is 9.41. The van der Waals surface area contributed by atoms with Gasteiger partial charge in [0.2, 0.25) is 0 Å². The van der Waals surface area contributed by atoms with Crippen molar-refractivity contribution in [2.45, 2.75) is 13.0 Å². The molecule has 1 N–H and O–H groups in total. The molecular weight excluding hydrogens is 328 g/mol. The third-order valence-corrected chi connectivity index (χ3v) is 2.95. The van der Waals surface area contributed by atoms with Crippen LogP contribution in [0.1, 0.15) is 17.3 Å². The number of rotatable bonds is 6. The van der Waals surface area contributed by atoms with E-state index in [0.717, 1.165) is 0 Å². The molecule has 1 rings (SSSR count). The first kappa shape index (κ1) is 16.4. The van der Waals surface area contributed by atoms with Gasteiger partial charge in [-0.25, -0.2) is 9.59 Å². The molecular formula is C14H15BrO5. The molecule has 108 valence electrons. The lowest BCUT2D eigenvalue weighted by molar-refractivity contribution is -0.142. The monoisotopic (exact) mass is 342 g/mol. The van der Waals surface area contributed by atoms with E-state index in [1.807, 2.05) is 0 Å². The SMILES string of the molecule is C=C(C)C(=O)OCC(O)COC(=O)c1ccccc1Br. The quantitative estimate of drug-likeness (QED) is 0.633. The lowest BCUT2D eigenvalue weighted by atomic mass is 10.2. The molecule has 0 amide bonds. The second-order valence-electron chi connectivity index (χ2n) is 4.11. The summed E-state index contributed by atoms with van der Waals surface area (Å²) in [6.07, 6.45) is -1.08. The van der Waals surface area contributed by atoms with Crippen molar-refractivity contribution in [2.75, 3.05) is 13.2 Å². The van der Waals surface area contributed by atoms with E-state index >= 15 is 0 Å². The molecule has 6 heteroatoms. The minimum absolute atomic E-state index is 0.238. The van der Waals surface area contributed by atoms with Gasteiger partial charge in [-0.3, -0.25) is 0 Å². The van der Waals surface area contributed by atoms with E-state index in [1.165, 1.54) is 6.92 Å². The average Bonchev–Trinajstić information content (AvgIpc) is 2.42. The Morgan fingerprint density at radius 3 is 2.50 bits per heavy atom. The van der Waals surface area contributed by atoms with Gasteiger partial charge in [0, 0.05) is 10.0 Å². The van der Waals surface area contributed by atoms with Crippen molar-refractivity contribution in [3.05, 3.63) is 46.5 Å². The molecule has 1 unspecified atom stereocenters. The zero-order valence-corrected chi connectivity index (χ0v) is 12.6. The van der Waals surface area contributed by atoms with E-state index in [-0.39, 0.29) is 18.8 Å². The molecule has 0 aromatic heterocycles. The van der Waals surface area contributed by atoms with Crippen LogP contribution >= 0.6 is 15.9 Å². The molecule has 0 saturated carbocycles. The number of hydrogen-bond acceptors (Lipinski definition) is 5. The molecule has 1 atom stereocenters. The predicted octanol–water partition coefficient (Wildman–Crippen LogP) is 2.09. The lowest BCUT2D eigenvalue weighted by Gasteiger charge is -2.12. The highest BCUT2D eigenvalue weighted by Crippen LogP contribution is 2.16. The summed E-state index contributed by atoms with van der Waals surface area (Å²) in [6.45, 7) is 4.40. The highest BCUT2D eigenvalue weighted by Gasteiger charge is 2.15. The summed E-state index contributed by atoms with van der Waals surface area (Å²) in [7, 11) is 0. The smallest absolute Gasteiger partial charge is 0.339 e.